The monoisotopic (exact) mass is 264 g/mol. The molecule has 108 valence electrons. The van der Waals surface area contributed by atoms with Crippen LogP contribution in [0.1, 0.15) is 38.5 Å². The van der Waals surface area contributed by atoms with Crippen LogP contribution in [0.3, 0.4) is 0 Å². The average molecular weight is 264 g/mol. The van der Waals surface area contributed by atoms with E-state index in [0.717, 1.165) is 31.5 Å². The Kier molecular flexibility index (Phi) is 3.84. The van der Waals surface area contributed by atoms with E-state index in [0.29, 0.717) is 17.7 Å². The number of fused-ring (bicyclic) bond motifs is 1. The minimum atomic E-state index is 0.417. The molecule has 0 N–H and O–H groups in total. The Morgan fingerprint density at radius 1 is 1.11 bits per heavy atom. The number of carbonyl (C=O) groups excluding carboxylic acids is 1. The molecule has 3 fully saturated rings. The van der Waals surface area contributed by atoms with Crippen molar-refractivity contribution in [2.75, 3.05) is 33.7 Å². The molecular weight excluding hydrogens is 236 g/mol. The van der Waals surface area contributed by atoms with Crippen LogP contribution in [0.15, 0.2) is 0 Å². The topological polar surface area (TPSA) is 23.6 Å². The second kappa shape index (κ2) is 5.43. The number of hydrogen-bond acceptors (Lipinski definition) is 2. The summed E-state index contributed by atoms with van der Waals surface area (Å²) in [6.45, 7) is 3.15. The molecule has 1 amide bonds. The van der Waals surface area contributed by atoms with Gasteiger partial charge in [-0.2, -0.15) is 0 Å². The zero-order valence-electron chi connectivity index (χ0n) is 12.5. The van der Waals surface area contributed by atoms with Crippen molar-refractivity contribution in [2.45, 2.75) is 38.5 Å². The lowest BCUT2D eigenvalue weighted by Crippen LogP contribution is -2.43. The highest BCUT2D eigenvalue weighted by Crippen LogP contribution is 2.56. The van der Waals surface area contributed by atoms with E-state index >= 15 is 0 Å². The van der Waals surface area contributed by atoms with Gasteiger partial charge in [0.1, 0.15) is 0 Å². The molecule has 19 heavy (non-hydrogen) atoms. The van der Waals surface area contributed by atoms with E-state index < -0.39 is 0 Å². The second-order valence-corrected chi connectivity index (χ2v) is 7.19. The van der Waals surface area contributed by atoms with Gasteiger partial charge in [0.05, 0.1) is 0 Å². The molecule has 0 aromatic carbocycles. The predicted molar refractivity (Wildman–Crippen MR) is 76.8 cm³/mol. The lowest BCUT2D eigenvalue weighted by molar-refractivity contribution is -0.135. The van der Waals surface area contributed by atoms with Gasteiger partial charge in [-0.1, -0.05) is 12.8 Å². The van der Waals surface area contributed by atoms with Crippen molar-refractivity contribution >= 4 is 5.91 Å². The van der Waals surface area contributed by atoms with Crippen LogP contribution in [-0.2, 0) is 4.79 Å². The fourth-order valence-corrected chi connectivity index (χ4v) is 4.50. The lowest BCUT2D eigenvalue weighted by Gasteiger charge is -2.34. The molecule has 0 bridgehead atoms. The average Bonchev–Trinajstić information content (AvgIpc) is 3.11. The van der Waals surface area contributed by atoms with Crippen molar-refractivity contribution in [1.82, 2.24) is 9.80 Å². The SMILES string of the molecule is CN(C)C[C@@H]1CCCN(C(=O)C2[C@H]3CCCC[C@@H]23)C1. The van der Waals surface area contributed by atoms with Crippen molar-refractivity contribution in [3.05, 3.63) is 0 Å². The van der Waals surface area contributed by atoms with E-state index in [1.54, 1.807) is 0 Å². The molecule has 0 radical (unpaired) electrons. The summed E-state index contributed by atoms with van der Waals surface area (Å²) in [6, 6.07) is 0. The minimum Gasteiger partial charge on any atom is -0.342 e. The van der Waals surface area contributed by atoms with Crippen LogP contribution in [0.4, 0.5) is 0 Å². The number of nitrogens with zero attached hydrogens (tertiary/aromatic N) is 2. The second-order valence-electron chi connectivity index (χ2n) is 7.19. The van der Waals surface area contributed by atoms with Crippen molar-refractivity contribution in [3.8, 4) is 0 Å². The molecule has 1 saturated heterocycles. The molecule has 1 aliphatic heterocycles. The van der Waals surface area contributed by atoms with Gasteiger partial charge in [0.25, 0.3) is 0 Å². The molecule has 1 unspecified atom stereocenters. The summed E-state index contributed by atoms with van der Waals surface area (Å²) in [6.07, 6.45) is 7.83. The maximum atomic E-state index is 12.7. The minimum absolute atomic E-state index is 0.417. The van der Waals surface area contributed by atoms with Gasteiger partial charge in [0.2, 0.25) is 5.91 Å². The molecule has 0 spiro atoms. The van der Waals surface area contributed by atoms with E-state index in [9.17, 15) is 4.79 Å². The molecule has 2 aliphatic carbocycles. The Balaban J connectivity index is 1.55. The van der Waals surface area contributed by atoms with Crippen LogP contribution in [0.25, 0.3) is 0 Å². The van der Waals surface area contributed by atoms with E-state index in [1.807, 2.05) is 0 Å². The maximum absolute atomic E-state index is 12.7. The Morgan fingerprint density at radius 2 is 1.79 bits per heavy atom. The summed E-state index contributed by atoms with van der Waals surface area (Å²) in [7, 11) is 4.27. The Bertz CT molecular complexity index is 330. The van der Waals surface area contributed by atoms with Gasteiger partial charge in [0.15, 0.2) is 0 Å². The molecule has 3 rings (SSSR count). The van der Waals surface area contributed by atoms with Crippen LogP contribution >= 0.6 is 0 Å². The van der Waals surface area contributed by atoms with Gasteiger partial charge in [-0.25, -0.2) is 0 Å². The summed E-state index contributed by atoms with van der Waals surface area (Å²) in [5.74, 6) is 3.13. The lowest BCUT2D eigenvalue weighted by atomic mass is 9.97. The molecule has 3 heteroatoms. The molecular formula is C16H28N2O. The van der Waals surface area contributed by atoms with E-state index in [2.05, 4.69) is 23.9 Å². The third-order valence-corrected chi connectivity index (χ3v) is 5.40. The number of rotatable bonds is 3. The number of amides is 1. The summed E-state index contributed by atoms with van der Waals surface area (Å²) in [5.41, 5.74) is 0. The van der Waals surface area contributed by atoms with E-state index in [1.165, 1.54) is 38.5 Å². The highest BCUT2D eigenvalue weighted by atomic mass is 16.2. The molecule has 1 heterocycles. The number of piperidine rings is 1. The largest absolute Gasteiger partial charge is 0.342 e. The standard InChI is InChI=1S/C16H28N2O/c1-17(2)10-12-6-5-9-18(11-12)16(19)15-13-7-3-4-8-14(13)15/h12-15H,3-11H2,1-2H3/t12-,13-,14+,15?/m0/s1. The van der Waals surface area contributed by atoms with Crippen LogP contribution < -0.4 is 0 Å². The van der Waals surface area contributed by atoms with Crippen LogP contribution in [0.5, 0.6) is 0 Å². The zero-order chi connectivity index (χ0) is 13.4. The van der Waals surface area contributed by atoms with Crippen molar-refractivity contribution < 1.29 is 4.79 Å². The first-order valence-corrected chi connectivity index (χ1v) is 8.10. The van der Waals surface area contributed by atoms with Crippen LogP contribution in [0.2, 0.25) is 0 Å². The molecule has 2 saturated carbocycles. The van der Waals surface area contributed by atoms with Crippen molar-refractivity contribution in [3.63, 3.8) is 0 Å². The third kappa shape index (κ3) is 2.81. The fourth-order valence-electron chi connectivity index (χ4n) is 4.50. The van der Waals surface area contributed by atoms with Gasteiger partial charge in [0, 0.05) is 25.6 Å². The first-order valence-electron chi connectivity index (χ1n) is 8.10. The number of carbonyl (C=O) groups is 1. The van der Waals surface area contributed by atoms with Crippen molar-refractivity contribution in [1.29, 1.82) is 0 Å². The zero-order valence-corrected chi connectivity index (χ0v) is 12.5. The van der Waals surface area contributed by atoms with Gasteiger partial charge in [-0.15, -0.1) is 0 Å². The van der Waals surface area contributed by atoms with E-state index in [-0.39, 0.29) is 0 Å². The van der Waals surface area contributed by atoms with Gasteiger partial charge >= 0.3 is 0 Å². The summed E-state index contributed by atoms with van der Waals surface area (Å²) in [5, 5.41) is 0. The summed E-state index contributed by atoms with van der Waals surface area (Å²) < 4.78 is 0. The van der Waals surface area contributed by atoms with Crippen LogP contribution in [-0.4, -0.2) is 49.4 Å². The predicted octanol–water partition coefficient (Wildman–Crippen LogP) is 2.22. The first kappa shape index (κ1) is 13.4. The molecule has 3 nitrogen and oxygen atoms in total. The van der Waals surface area contributed by atoms with Gasteiger partial charge in [-0.3, -0.25) is 4.79 Å². The normalized spacial score (nSPS) is 38.2. The number of hydrogen-bond donors (Lipinski definition) is 0. The third-order valence-electron chi connectivity index (χ3n) is 5.40. The van der Waals surface area contributed by atoms with Crippen LogP contribution in [0, 0.1) is 23.7 Å². The highest BCUT2D eigenvalue weighted by Gasteiger charge is 2.55. The molecule has 4 atom stereocenters. The number of likely N-dealkylation sites (tertiary alicyclic amines) is 1. The maximum Gasteiger partial charge on any atom is 0.226 e. The Labute approximate surface area is 117 Å². The molecule has 0 aromatic heterocycles. The van der Waals surface area contributed by atoms with Crippen molar-refractivity contribution in [2.24, 2.45) is 23.7 Å². The molecule has 0 aromatic rings. The smallest absolute Gasteiger partial charge is 0.226 e. The van der Waals surface area contributed by atoms with Gasteiger partial charge < -0.3 is 9.80 Å². The molecule has 3 aliphatic rings. The Morgan fingerprint density at radius 3 is 2.42 bits per heavy atom. The van der Waals surface area contributed by atoms with E-state index in [4.69, 9.17) is 0 Å². The van der Waals surface area contributed by atoms with Gasteiger partial charge in [-0.05, 0) is 57.5 Å². The quantitative estimate of drug-likeness (QED) is 0.780. The first-order chi connectivity index (χ1) is 9.16. The fraction of sp³-hybridized carbons (Fsp3) is 0.938. The summed E-state index contributed by atoms with van der Waals surface area (Å²) in [4.78, 5) is 17.1. The Hall–Kier alpha value is -0.570. The summed E-state index contributed by atoms with van der Waals surface area (Å²) >= 11 is 0. The highest BCUT2D eigenvalue weighted by molar-refractivity contribution is 5.82.